The van der Waals surface area contributed by atoms with E-state index < -0.39 is 15.9 Å². The first kappa shape index (κ1) is 21.6. The normalized spacial score (nSPS) is 11.8. The van der Waals surface area contributed by atoms with E-state index >= 15 is 0 Å². The molecular weight excluding hydrogens is 432 g/mol. The van der Waals surface area contributed by atoms with Crippen molar-refractivity contribution in [1.29, 1.82) is 0 Å². The third kappa shape index (κ3) is 4.11. The van der Waals surface area contributed by atoms with E-state index in [2.05, 4.69) is 5.32 Å². The Morgan fingerprint density at radius 2 is 1.86 bits per heavy atom. The van der Waals surface area contributed by atoms with Crippen LogP contribution in [-0.4, -0.2) is 38.8 Å². The zero-order valence-corrected chi connectivity index (χ0v) is 18.6. The van der Waals surface area contributed by atoms with Gasteiger partial charge < -0.3 is 10.1 Å². The van der Waals surface area contributed by atoms with Crippen LogP contribution in [0.1, 0.15) is 23.5 Å². The van der Waals surface area contributed by atoms with Gasteiger partial charge in [0.1, 0.15) is 10.6 Å². The van der Waals surface area contributed by atoms with E-state index in [0.29, 0.717) is 28.7 Å². The molecule has 0 unspecified atom stereocenters. The molecule has 0 spiro atoms. The lowest BCUT2D eigenvalue weighted by molar-refractivity contribution is 0.103. The van der Waals surface area contributed by atoms with Crippen molar-refractivity contribution in [3.8, 4) is 5.75 Å². The van der Waals surface area contributed by atoms with Crippen LogP contribution in [0.3, 0.4) is 0 Å². The standard InChI is InChI=1S/C20H21ClN2O4S2/c1-4-23(5-2)29(25,26)13-10-11-16(27-3)15(12-13)22-20(24)19-18(21)14-8-6-7-9-17(14)28-19/h6-12H,4-5H2,1-3H3,(H,22,24). The van der Waals surface area contributed by atoms with Crippen LogP contribution in [0.25, 0.3) is 10.1 Å². The molecule has 154 valence electrons. The minimum Gasteiger partial charge on any atom is -0.495 e. The van der Waals surface area contributed by atoms with Gasteiger partial charge in [-0.05, 0) is 24.3 Å². The van der Waals surface area contributed by atoms with E-state index in [1.54, 1.807) is 13.8 Å². The molecule has 0 bridgehead atoms. The number of nitrogens with one attached hydrogen (secondary N) is 1. The molecule has 29 heavy (non-hydrogen) atoms. The second kappa shape index (κ2) is 8.71. The van der Waals surface area contributed by atoms with E-state index in [0.717, 1.165) is 10.1 Å². The number of hydrogen-bond acceptors (Lipinski definition) is 5. The fraction of sp³-hybridized carbons (Fsp3) is 0.250. The van der Waals surface area contributed by atoms with Crippen LogP contribution in [0.2, 0.25) is 5.02 Å². The molecule has 9 heteroatoms. The Balaban J connectivity index is 1.99. The van der Waals surface area contributed by atoms with Gasteiger partial charge in [0.25, 0.3) is 5.91 Å². The number of anilines is 1. The summed E-state index contributed by atoms with van der Waals surface area (Å²) in [5.41, 5.74) is 0.263. The fourth-order valence-electron chi connectivity index (χ4n) is 3.00. The number of hydrogen-bond donors (Lipinski definition) is 1. The van der Waals surface area contributed by atoms with Gasteiger partial charge in [0.2, 0.25) is 10.0 Å². The number of methoxy groups -OCH3 is 1. The molecule has 0 fully saturated rings. The van der Waals surface area contributed by atoms with Crippen LogP contribution in [-0.2, 0) is 10.0 Å². The van der Waals surface area contributed by atoms with Gasteiger partial charge in [-0.15, -0.1) is 11.3 Å². The van der Waals surface area contributed by atoms with E-state index in [1.165, 1.54) is 41.0 Å². The maximum atomic E-state index is 12.9. The molecule has 0 aliphatic rings. The quantitative estimate of drug-likeness (QED) is 0.556. The lowest BCUT2D eigenvalue weighted by Crippen LogP contribution is -2.30. The number of benzene rings is 2. The maximum Gasteiger partial charge on any atom is 0.267 e. The molecule has 0 atom stereocenters. The molecule has 1 aromatic heterocycles. The second-order valence-electron chi connectivity index (χ2n) is 6.15. The van der Waals surface area contributed by atoms with Crippen molar-refractivity contribution in [2.24, 2.45) is 0 Å². The van der Waals surface area contributed by atoms with E-state index in [4.69, 9.17) is 16.3 Å². The van der Waals surface area contributed by atoms with Crippen molar-refractivity contribution in [1.82, 2.24) is 4.31 Å². The topological polar surface area (TPSA) is 75.7 Å². The highest BCUT2D eigenvalue weighted by Gasteiger charge is 2.24. The summed E-state index contributed by atoms with van der Waals surface area (Å²) in [7, 11) is -2.22. The lowest BCUT2D eigenvalue weighted by Gasteiger charge is -2.19. The van der Waals surface area contributed by atoms with Crippen LogP contribution in [0.4, 0.5) is 5.69 Å². The van der Waals surface area contributed by atoms with Gasteiger partial charge in [-0.2, -0.15) is 4.31 Å². The van der Waals surface area contributed by atoms with Crippen molar-refractivity contribution in [2.45, 2.75) is 18.7 Å². The number of fused-ring (bicyclic) bond motifs is 1. The number of ether oxygens (including phenoxy) is 1. The number of thiophene rings is 1. The van der Waals surface area contributed by atoms with Crippen molar-refractivity contribution in [3.63, 3.8) is 0 Å². The molecule has 0 aliphatic heterocycles. The summed E-state index contributed by atoms with van der Waals surface area (Å²) in [5.74, 6) is -0.0685. The fourth-order valence-corrected chi connectivity index (χ4v) is 5.89. The summed E-state index contributed by atoms with van der Waals surface area (Å²) in [6.45, 7) is 4.25. The molecule has 1 heterocycles. The van der Waals surface area contributed by atoms with Crippen LogP contribution >= 0.6 is 22.9 Å². The Morgan fingerprint density at radius 1 is 1.17 bits per heavy atom. The molecule has 3 rings (SSSR count). The Hall–Kier alpha value is -2.13. The molecule has 0 saturated heterocycles. The zero-order chi connectivity index (χ0) is 21.2. The molecule has 1 N–H and O–H groups in total. The van der Waals surface area contributed by atoms with Gasteiger partial charge in [0.05, 0.1) is 22.7 Å². The average Bonchev–Trinajstić information content (AvgIpc) is 3.05. The highest BCUT2D eigenvalue weighted by atomic mass is 35.5. The number of rotatable bonds is 7. The molecule has 1 amide bonds. The van der Waals surface area contributed by atoms with Crippen LogP contribution in [0.5, 0.6) is 5.75 Å². The van der Waals surface area contributed by atoms with Crippen LogP contribution in [0, 0.1) is 0 Å². The molecule has 0 aliphatic carbocycles. The number of sulfonamides is 1. The summed E-state index contributed by atoms with van der Waals surface area (Å²) in [4.78, 5) is 13.3. The van der Waals surface area contributed by atoms with E-state index in [1.807, 2.05) is 24.3 Å². The minimum absolute atomic E-state index is 0.0831. The van der Waals surface area contributed by atoms with Gasteiger partial charge >= 0.3 is 0 Å². The molecular formula is C20H21ClN2O4S2. The third-order valence-electron chi connectivity index (χ3n) is 4.50. The van der Waals surface area contributed by atoms with Crippen molar-refractivity contribution in [3.05, 3.63) is 52.4 Å². The van der Waals surface area contributed by atoms with Gasteiger partial charge in [-0.3, -0.25) is 4.79 Å². The van der Waals surface area contributed by atoms with Crippen LogP contribution < -0.4 is 10.1 Å². The molecule has 0 radical (unpaired) electrons. The SMILES string of the molecule is CCN(CC)S(=O)(=O)c1ccc(OC)c(NC(=O)c2sc3ccccc3c2Cl)c1. The van der Waals surface area contributed by atoms with Gasteiger partial charge in [0, 0.05) is 23.2 Å². The number of carbonyl (C=O) groups excluding carboxylic acids is 1. The molecule has 3 aromatic rings. The van der Waals surface area contributed by atoms with Gasteiger partial charge in [-0.25, -0.2) is 8.42 Å². The van der Waals surface area contributed by atoms with Crippen molar-refractivity contribution in [2.75, 3.05) is 25.5 Å². The van der Waals surface area contributed by atoms with E-state index in [-0.39, 0.29) is 10.6 Å². The predicted molar refractivity (Wildman–Crippen MR) is 118 cm³/mol. The minimum atomic E-state index is -3.67. The summed E-state index contributed by atoms with van der Waals surface area (Å²) in [6.07, 6.45) is 0. The largest absolute Gasteiger partial charge is 0.495 e. The summed E-state index contributed by atoms with van der Waals surface area (Å²) < 4.78 is 33.2. The maximum absolute atomic E-state index is 12.9. The van der Waals surface area contributed by atoms with Gasteiger partial charge in [0.15, 0.2) is 0 Å². The number of amides is 1. The molecule has 2 aromatic carbocycles. The van der Waals surface area contributed by atoms with Crippen molar-refractivity contribution < 1.29 is 17.9 Å². The highest BCUT2D eigenvalue weighted by molar-refractivity contribution is 7.89. The summed E-state index contributed by atoms with van der Waals surface area (Å²) in [6, 6.07) is 11.9. The molecule has 6 nitrogen and oxygen atoms in total. The first-order valence-corrected chi connectivity index (χ1v) is 11.6. The number of carbonyl (C=O) groups is 1. The second-order valence-corrected chi connectivity index (χ2v) is 9.51. The zero-order valence-electron chi connectivity index (χ0n) is 16.2. The first-order chi connectivity index (χ1) is 13.8. The van der Waals surface area contributed by atoms with Gasteiger partial charge in [-0.1, -0.05) is 43.6 Å². The smallest absolute Gasteiger partial charge is 0.267 e. The van der Waals surface area contributed by atoms with Crippen molar-refractivity contribution >= 4 is 54.6 Å². The Morgan fingerprint density at radius 3 is 2.48 bits per heavy atom. The third-order valence-corrected chi connectivity index (χ3v) is 8.22. The highest BCUT2D eigenvalue weighted by Crippen LogP contribution is 2.36. The summed E-state index contributed by atoms with van der Waals surface area (Å²) >= 11 is 7.67. The first-order valence-electron chi connectivity index (χ1n) is 9.00. The van der Waals surface area contributed by atoms with E-state index in [9.17, 15) is 13.2 Å². The Bertz CT molecular complexity index is 1150. The number of halogens is 1. The average molecular weight is 453 g/mol. The predicted octanol–water partition coefficient (Wildman–Crippen LogP) is 4.85. The number of nitrogens with zero attached hydrogens (tertiary/aromatic N) is 1. The molecule has 0 saturated carbocycles. The Kier molecular flexibility index (Phi) is 6.48. The summed E-state index contributed by atoms with van der Waals surface area (Å²) in [5, 5.41) is 3.92. The monoisotopic (exact) mass is 452 g/mol. The Labute approximate surface area is 179 Å². The lowest BCUT2D eigenvalue weighted by atomic mass is 10.2. The van der Waals surface area contributed by atoms with Crippen LogP contribution in [0.15, 0.2) is 47.4 Å².